The second-order valence-corrected chi connectivity index (χ2v) is 4.29. The highest BCUT2D eigenvalue weighted by atomic mass is 35.5. The van der Waals surface area contributed by atoms with Crippen LogP contribution >= 0.6 is 23.2 Å². The summed E-state index contributed by atoms with van der Waals surface area (Å²) in [5.41, 5.74) is 1.09. The Bertz CT molecular complexity index is 593. The summed E-state index contributed by atoms with van der Waals surface area (Å²) in [5.74, 6) is 0. The second kappa shape index (κ2) is 5.33. The first-order valence-corrected chi connectivity index (χ1v) is 5.85. The van der Waals surface area contributed by atoms with Crippen LogP contribution < -0.4 is 0 Å². The fraction of sp³-hybridized carbons (Fsp3) is 0.0833. The van der Waals surface area contributed by atoms with E-state index in [2.05, 4.69) is 5.10 Å². The number of carbonyl (C=O) groups is 2. The monoisotopic (exact) mass is 282 g/mol. The summed E-state index contributed by atoms with van der Waals surface area (Å²) in [6.07, 6.45) is 0. The lowest BCUT2D eigenvalue weighted by Gasteiger charge is -2.04. The molecule has 0 aliphatic carbocycles. The van der Waals surface area contributed by atoms with Crippen molar-refractivity contribution >= 4 is 33.7 Å². The van der Waals surface area contributed by atoms with Crippen molar-refractivity contribution in [2.45, 2.75) is 6.54 Å². The zero-order valence-electron chi connectivity index (χ0n) is 9.14. The molecule has 92 valence electrons. The molecule has 0 aliphatic heterocycles. The molecule has 0 aliphatic rings. The molecule has 0 saturated carbocycles. The van der Waals surface area contributed by atoms with Gasteiger partial charge in [-0.05, 0) is 28.8 Å². The van der Waals surface area contributed by atoms with Gasteiger partial charge in [0.25, 0.3) is 10.5 Å². The number of benzene rings is 1. The topological polar surface area (TPSA) is 52.0 Å². The normalized spacial score (nSPS) is 10.3. The lowest BCUT2D eigenvalue weighted by Crippen LogP contribution is -2.08. The average Bonchev–Trinajstić information content (AvgIpc) is 2.74. The van der Waals surface area contributed by atoms with Crippen LogP contribution in [0.2, 0.25) is 0 Å². The van der Waals surface area contributed by atoms with Gasteiger partial charge >= 0.3 is 0 Å². The third kappa shape index (κ3) is 2.78. The van der Waals surface area contributed by atoms with Gasteiger partial charge in [-0.15, -0.1) is 0 Å². The Morgan fingerprint density at radius 1 is 1.11 bits per heavy atom. The van der Waals surface area contributed by atoms with E-state index in [0.717, 1.165) is 5.56 Å². The Morgan fingerprint density at radius 3 is 2.33 bits per heavy atom. The average molecular weight is 283 g/mol. The van der Waals surface area contributed by atoms with E-state index in [0.29, 0.717) is 6.54 Å². The number of hydrogen-bond donors (Lipinski definition) is 0. The first kappa shape index (κ1) is 12.8. The van der Waals surface area contributed by atoms with Crippen molar-refractivity contribution in [3.8, 4) is 0 Å². The molecule has 1 aromatic carbocycles. The summed E-state index contributed by atoms with van der Waals surface area (Å²) in [5, 5.41) is 2.56. The molecule has 0 amide bonds. The fourth-order valence-corrected chi connectivity index (χ4v) is 1.79. The van der Waals surface area contributed by atoms with E-state index in [1.165, 1.54) is 10.7 Å². The van der Waals surface area contributed by atoms with Crippen LogP contribution in [0.4, 0.5) is 0 Å². The predicted octanol–water partition coefficient (Wildman–Crippen LogP) is 2.69. The fourth-order valence-electron chi connectivity index (χ4n) is 1.55. The van der Waals surface area contributed by atoms with Gasteiger partial charge in [0.05, 0.1) is 6.54 Å². The highest BCUT2D eigenvalue weighted by Gasteiger charge is 2.16. The lowest BCUT2D eigenvalue weighted by atomic mass is 10.2. The number of rotatable bonds is 4. The standard InChI is InChI=1S/C12H8Cl2N2O2/c13-11(17)9-6-10(12(14)18)16(15-9)7-8-4-2-1-3-5-8/h1-6H,7H2. The van der Waals surface area contributed by atoms with Crippen LogP contribution in [0.15, 0.2) is 36.4 Å². The maximum atomic E-state index is 11.2. The van der Waals surface area contributed by atoms with Crippen LogP contribution in [0.1, 0.15) is 26.5 Å². The minimum Gasteiger partial charge on any atom is -0.274 e. The van der Waals surface area contributed by atoms with Crippen LogP contribution in [0, 0.1) is 0 Å². The van der Waals surface area contributed by atoms with Gasteiger partial charge in [-0.2, -0.15) is 5.10 Å². The minimum absolute atomic E-state index is 0.0107. The van der Waals surface area contributed by atoms with Gasteiger partial charge in [0.2, 0.25) is 0 Å². The SMILES string of the molecule is O=C(Cl)c1cc(C(=O)Cl)n(Cc2ccccc2)n1. The molecule has 0 spiro atoms. The molecule has 1 aromatic heterocycles. The molecule has 0 N–H and O–H groups in total. The van der Waals surface area contributed by atoms with Gasteiger partial charge in [-0.3, -0.25) is 14.3 Å². The minimum atomic E-state index is -0.721. The van der Waals surface area contributed by atoms with Crippen molar-refractivity contribution in [2.75, 3.05) is 0 Å². The second-order valence-electron chi connectivity index (χ2n) is 3.61. The maximum absolute atomic E-state index is 11.2. The molecule has 2 rings (SSSR count). The van der Waals surface area contributed by atoms with Crippen molar-refractivity contribution in [1.29, 1.82) is 0 Å². The molecule has 0 saturated heterocycles. The highest BCUT2D eigenvalue weighted by molar-refractivity contribution is 6.68. The van der Waals surface area contributed by atoms with Crippen LogP contribution in [-0.2, 0) is 6.54 Å². The molecule has 18 heavy (non-hydrogen) atoms. The summed E-state index contributed by atoms with van der Waals surface area (Å²) in [7, 11) is 0. The van der Waals surface area contributed by atoms with Gasteiger partial charge in [-0.25, -0.2) is 0 Å². The highest BCUT2D eigenvalue weighted by Crippen LogP contribution is 2.12. The lowest BCUT2D eigenvalue weighted by molar-refractivity contribution is 0.106. The number of nitrogens with zero attached hydrogens (tertiary/aromatic N) is 2. The molecule has 4 nitrogen and oxygen atoms in total. The molecule has 0 radical (unpaired) electrons. The van der Waals surface area contributed by atoms with Gasteiger partial charge in [0, 0.05) is 6.07 Å². The first-order chi connectivity index (χ1) is 8.58. The van der Waals surface area contributed by atoms with Crippen molar-refractivity contribution in [1.82, 2.24) is 9.78 Å². The van der Waals surface area contributed by atoms with Crippen molar-refractivity contribution in [3.05, 3.63) is 53.3 Å². The van der Waals surface area contributed by atoms with E-state index in [4.69, 9.17) is 23.2 Å². The smallest absolute Gasteiger partial charge is 0.272 e. The molecular formula is C12H8Cl2N2O2. The van der Waals surface area contributed by atoms with Crippen LogP contribution in [0.5, 0.6) is 0 Å². The Morgan fingerprint density at radius 2 is 1.78 bits per heavy atom. The molecular weight excluding hydrogens is 275 g/mol. The summed E-state index contributed by atoms with van der Waals surface area (Å²) in [6, 6.07) is 10.7. The van der Waals surface area contributed by atoms with Gasteiger partial charge in [0.15, 0.2) is 0 Å². The number of halogens is 2. The van der Waals surface area contributed by atoms with Gasteiger partial charge in [-0.1, -0.05) is 30.3 Å². The summed E-state index contributed by atoms with van der Waals surface area (Å²) >= 11 is 10.8. The molecule has 0 unspecified atom stereocenters. The van der Waals surface area contributed by atoms with Crippen LogP contribution in [-0.4, -0.2) is 20.3 Å². The van der Waals surface area contributed by atoms with Gasteiger partial charge in [0.1, 0.15) is 11.4 Å². The van der Waals surface area contributed by atoms with Crippen molar-refractivity contribution < 1.29 is 9.59 Å². The molecule has 0 atom stereocenters. The Labute approximate surface area is 113 Å². The summed E-state index contributed by atoms with van der Waals surface area (Å²) < 4.78 is 1.36. The van der Waals surface area contributed by atoms with Gasteiger partial charge < -0.3 is 0 Å². The summed E-state index contributed by atoms with van der Waals surface area (Å²) in [6.45, 7) is 0.346. The third-order valence-corrected chi connectivity index (χ3v) is 2.75. The molecule has 0 bridgehead atoms. The Hall–Kier alpha value is -1.65. The van der Waals surface area contributed by atoms with E-state index in [1.807, 2.05) is 30.3 Å². The number of carbonyl (C=O) groups excluding carboxylic acids is 2. The maximum Gasteiger partial charge on any atom is 0.272 e. The number of hydrogen-bond acceptors (Lipinski definition) is 3. The van der Waals surface area contributed by atoms with E-state index in [9.17, 15) is 9.59 Å². The van der Waals surface area contributed by atoms with E-state index in [-0.39, 0.29) is 11.4 Å². The largest absolute Gasteiger partial charge is 0.274 e. The quantitative estimate of drug-likeness (QED) is 0.811. The Balaban J connectivity index is 2.37. The predicted molar refractivity (Wildman–Crippen MR) is 68.1 cm³/mol. The molecule has 0 fully saturated rings. The Kier molecular flexibility index (Phi) is 3.79. The molecule has 6 heteroatoms. The number of aromatic nitrogens is 2. The van der Waals surface area contributed by atoms with Crippen molar-refractivity contribution in [3.63, 3.8) is 0 Å². The van der Waals surface area contributed by atoms with Crippen LogP contribution in [0.3, 0.4) is 0 Å². The first-order valence-electron chi connectivity index (χ1n) is 5.09. The summed E-state index contributed by atoms with van der Waals surface area (Å²) in [4.78, 5) is 22.3. The van der Waals surface area contributed by atoms with Crippen LogP contribution in [0.25, 0.3) is 0 Å². The van der Waals surface area contributed by atoms with E-state index >= 15 is 0 Å². The molecule has 1 heterocycles. The zero-order chi connectivity index (χ0) is 13.1. The molecule has 2 aromatic rings. The van der Waals surface area contributed by atoms with E-state index in [1.54, 1.807) is 0 Å². The zero-order valence-corrected chi connectivity index (χ0v) is 10.6. The third-order valence-electron chi connectivity index (χ3n) is 2.36. The van der Waals surface area contributed by atoms with Crippen molar-refractivity contribution in [2.24, 2.45) is 0 Å². The van der Waals surface area contributed by atoms with E-state index < -0.39 is 10.5 Å².